The highest BCUT2D eigenvalue weighted by molar-refractivity contribution is 5.94. The van der Waals surface area contributed by atoms with Crippen LogP contribution in [0, 0.1) is 11.8 Å². The molecule has 2 aromatic rings. The highest BCUT2D eigenvalue weighted by Gasteiger charge is 1.96. The van der Waals surface area contributed by atoms with Gasteiger partial charge in [0.1, 0.15) is 5.75 Å². The van der Waals surface area contributed by atoms with E-state index in [2.05, 4.69) is 17.2 Å². The Labute approximate surface area is 118 Å². The second kappa shape index (κ2) is 7.01. The molecule has 0 unspecified atom stereocenters. The summed E-state index contributed by atoms with van der Waals surface area (Å²) in [5, 5.41) is 2.75. The quantitative estimate of drug-likeness (QED) is 0.865. The Morgan fingerprint density at radius 1 is 1.10 bits per heavy atom. The molecule has 3 nitrogen and oxygen atoms in total. The van der Waals surface area contributed by atoms with E-state index in [1.165, 1.54) is 0 Å². The van der Waals surface area contributed by atoms with Gasteiger partial charge in [0.2, 0.25) is 0 Å². The summed E-state index contributed by atoms with van der Waals surface area (Å²) in [7, 11) is 1.61. The van der Waals surface area contributed by atoms with Gasteiger partial charge in [-0.3, -0.25) is 4.79 Å². The van der Waals surface area contributed by atoms with Gasteiger partial charge in [-0.05, 0) is 29.8 Å². The maximum absolute atomic E-state index is 11.6. The normalized spacial score (nSPS) is 9.25. The lowest BCUT2D eigenvalue weighted by Crippen LogP contribution is -2.20. The summed E-state index contributed by atoms with van der Waals surface area (Å²) in [5.74, 6) is 5.86. The highest BCUT2D eigenvalue weighted by Crippen LogP contribution is 2.10. The maximum Gasteiger partial charge on any atom is 0.296 e. The van der Waals surface area contributed by atoms with Gasteiger partial charge in [0.05, 0.1) is 7.11 Å². The van der Waals surface area contributed by atoms with E-state index in [0.717, 1.165) is 16.9 Å². The van der Waals surface area contributed by atoms with Crippen molar-refractivity contribution in [3.05, 3.63) is 65.7 Å². The minimum absolute atomic E-state index is 0.287. The van der Waals surface area contributed by atoms with Gasteiger partial charge in [-0.15, -0.1) is 0 Å². The smallest absolute Gasteiger partial charge is 0.296 e. The summed E-state index contributed by atoms with van der Waals surface area (Å²) in [6, 6.07) is 17.0. The fraction of sp³-hybridized carbons (Fsp3) is 0.118. The Bertz CT molecular complexity index is 622. The van der Waals surface area contributed by atoms with Crippen molar-refractivity contribution in [2.75, 3.05) is 7.11 Å². The average molecular weight is 265 g/mol. The Kier molecular flexibility index (Phi) is 4.80. The molecule has 0 aromatic heterocycles. The van der Waals surface area contributed by atoms with E-state index >= 15 is 0 Å². The van der Waals surface area contributed by atoms with Gasteiger partial charge in [-0.2, -0.15) is 0 Å². The van der Waals surface area contributed by atoms with Gasteiger partial charge in [0.15, 0.2) is 0 Å². The Morgan fingerprint density at radius 3 is 2.45 bits per heavy atom. The summed E-state index contributed by atoms with van der Waals surface area (Å²) in [4.78, 5) is 11.6. The lowest BCUT2D eigenvalue weighted by atomic mass is 10.2. The van der Waals surface area contributed by atoms with E-state index in [4.69, 9.17) is 4.74 Å². The molecule has 100 valence electrons. The molecule has 0 aliphatic carbocycles. The van der Waals surface area contributed by atoms with Crippen LogP contribution in [0.5, 0.6) is 5.75 Å². The Balaban J connectivity index is 1.89. The molecule has 0 spiro atoms. The van der Waals surface area contributed by atoms with E-state index < -0.39 is 0 Å². The molecule has 0 aliphatic rings. The Hall–Kier alpha value is -2.73. The van der Waals surface area contributed by atoms with Gasteiger partial charge < -0.3 is 10.1 Å². The number of carbonyl (C=O) groups is 1. The van der Waals surface area contributed by atoms with Gasteiger partial charge in [-0.25, -0.2) is 0 Å². The third kappa shape index (κ3) is 4.18. The summed E-state index contributed by atoms with van der Waals surface area (Å²) in [5.41, 5.74) is 1.83. The third-order valence-electron chi connectivity index (χ3n) is 2.71. The van der Waals surface area contributed by atoms with E-state index in [1.54, 1.807) is 7.11 Å². The largest absolute Gasteiger partial charge is 0.497 e. The maximum atomic E-state index is 11.6. The zero-order valence-electron chi connectivity index (χ0n) is 11.2. The molecule has 2 rings (SSSR count). The number of amides is 1. The van der Waals surface area contributed by atoms with Crippen molar-refractivity contribution in [1.82, 2.24) is 5.32 Å². The fourth-order valence-electron chi connectivity index (χ4n) is 1.63. The number of nitrogens with one attached hydrogen (secondary N) is 1. The fourth-order valence-corrected chi connectivity index (χ4v) is 1.63. The standard InChI is InChI=1S/C17H15NO2/c1-20-16-10-7-14(8-11-16)9-12-17(19)18-13-15-5-3-2-4-6-15/h2-8,10-11H,13H2,1H3,(H,18,19). The SMILES string of the molecule is COc1ccc(C#CC(=O)NCc2ccccc2)cc1. The van der Waals surface area contributed by atoms with Crippen LogP contribution in [0.3, 0.4) is 0 Å². The molecule has 1 N–H and O–H groups in total. The molecule has 0 atom stereocenters. The van der Waals surface area contributed by atoms with Crippen LogP contribution in [-0.2, 0) is 11.3 Å². The molecule has 2 aromatic carbocycles. The lowest BCUT2D eigenvalue weighted by Gasteiger charge is -2.00. The van der Waals surface area contributed by atoms with Gasteiger partial charge in [0, 0.05) is 18.0 Å². The first kappa shape index (κ1) is 13.7. The zero-order valence-corrected chi connectivity index (χ0v) is 11.2. The predicted molar refractivity (Wildman–Crippen MR) is 78.2 cm³/mol. The van der Waals surface area contributed by atoms with Crippen LogP contribution >= 0.6 is 0 Å². The number of methoxy groups -OCH3 is 1. The van der Waals surface area contributed by atoms with Crippen LogP contribution < -0.4 is 10.1 Å². The second-order valence-corrected chi connectivity index (χ2v) is 4.15. The van der Waals surface area contributed by atoms with Crippen LogP contribution in [0.2, 0.25) is 0 Å². The van der Waals surface area contributed by atoms with Crippen molar-refractivity contribution < 1.29 is 9.53 Å². The van der Waals surface area contributed by atoms with Crippen LogP contribution in [0.25, 0.3) is 0 Å². The number of hydrogen-bond acceptors (Lipinski definition) is 2. The van der Waals surface area contributed by atoms with Crippen molar-refractivity contribution in [2.45, 2.75) is 6.54 Å². The topological polar surface area (TPSA) is 38.3 Å². The molecule has 0 bridgehead atoms. The molecule has 3 heteroatoms. The molecule has 0 saturated heterocycles. The van der Waals surface area contributed by atoms with Crippen molar-refractivity contribution in [1.29, 1.82) is 0 Å². The number of hydrogen-bond donors (Lipinski definition) is 1. The molecule has 1 amide bonds. The van der Waals surface area contributed by atoms with Crippen LogP contribution in [0.15, 0.2) is 54.6 Å². The van der Waals surface area contributed by atoms with Gasteiger partial charge >= 0.3 is 0 Å². The molecule has 0 radical (unpaired) electrons. The third-order valence-corrected chi connectivity index (χ3v) is 2.71. The van der Waals surface area contributed by atoms with E-state index in [1.807, 2.05) is 54.6 Å². The minimum Gasteiger partial charge on any atom is -0.497 e. The number of rotatable bonds is 3. The molecular weight excluding hydrogens is 250 g/mol. The van der Waals surface area contributed by atoms with E-state index in [-0.39, 0.29) is 5.91 Å². The first-order chi connectivity index (χ1) is 9.78. The monoisotopic (exact) mass is 265 g/mol. The van der Waals surface area contributed by atoms with Crippen LogP contribution in [-0.4, -0.2) is 13.0 Å². The lowest BCUT2D eigenvalue weighted by molar-refractivity contribution is -0.115. The zero-order chi connectivity index (χ0) is 14.2. The summed E-state index contributed by atoms with van der Waals surface area (Å²) < 4.78 is 5.05. The molecule has 0 saturated carbocycles. The molecule has 0 heterocycles. The first-order valence-electron chi connectivity index (χ1n) is 6.26. The van der Waals surface area contributed by atoms with Crippen molar-refractivity contribution in [2.24, 2.45) is 0 Å². The van der Waals surface area contributed by atoms with Crippen LogP contribution in [0.4, 0.5) is 0 Å². The van der Waals surface area contributed by atoms with Crippen molar-refractivity contribution in [3.63, 3.8) is 0 Å². The van der Waals surface area contributed by atoms with E-state index in [9.17, 15) is 4.79 Å². The molecule has 20 heavy (non-hydrogen) atoms. The predicted octanol–water partition coefficient (Wildman–Crippen LogP) is 2.36. The second-order valence-electron chi connectivity index (χ2n) is 4.15. The summed E-state index contributed by atoms with van der Waals surface area (Å²) in [6.45, 7) is 0.483. The van der Waals surface area contributed by atoms with Gasteiger partial charge in [0.25, 0.3) is 5.91 Å². The summed E-state index contributed by atoms with van der Waals surface area (Å²) in [6.07, 6.45) is 0. The van der Waals surface area contributed by atoms with Gasteiger partial charge in [-0.1, -0.05) is 36.3 Å². The average Bonchev–Trinajstić information content (AvgIpc) is 2.52. The number of ether oxygens (including phenoxy) is 1. The highest BCUT2D eigenvalue weighted by atomic mass is 16.5. The molecule has 0 aliphatic heterocycles. The van der Waals surface area contributed by atoms with Crippen molar-refractivity contribution >= 4 is 5.91 Å². The van der Waals surface area contributed by atoms with Crippen molar-refractivity contribution in [3.8, 4) is 17.6 Å². The molecular formula is C17H15NO2. The number of carbonyl (C=O) groups excluding carboxylic acids is 1. The Morgan fingerprint density at radius 2 is 1.80 bits per heavy atom. The number of benzene rings is 2. The van der Waals surface area contributed by atoms with Crippen LogP contribution in [0.1, 0.15) is 11.1 Å². The minimum atomic E-state index is -0.287. The summed E-state index contributed by atoms with van der Waals surface area (Å²) >= 11 is 0. The van der Waals surface area contributed by atoms with E-state index in [0.29, 0.717) is 6.54 Å². The molecule has 0 fully saturated rings. The first-order valence-corrected chi connectivity index (χ1v) is 6.26.